The van der Waals surface area contributed by atoms with Crippen molar-refractivity contribution in [1.29, 1.82) is 0 Å². The van der Waals surface area contributed by atoms with Gasteiger partial charge < -0.3 is 14.8 Å². The van der Waals surface area contributed by atoms with Crippen LogP contribution in [0.25, 0.3) is 0 Å². The molecule has 0 aromatic carbocycles. The summed E-state index contributed by atoms with van der Waals surface area (Å²) in [6, 6.07) is 0. The van der Waals surface area contributed by atoms with E-state index in [2.05, 4.69) is 45.7 Å². The lowest BCUT2D eigenvalue weighted by Gasteiger charge is -2.29. The molecule has 0 saturated heterocycles. The van der Waals surface area contributed by atoms with Gasteiger partial charge in [-0.15, -0.1) is 0 Å². The van der Waals surface area contributed by atoms with Crippen LogP contribution in [0.4, 0.5) is 11.8 Å². The summed E-state index contributed by atoms with van der Waals surface area (Å²) in [5.74, 6) is 2.60. The van der Waals surface area contributed by atoms with Gasteiger partial charge in [0, 0.05) is 38.7 Å². The van der Waals surface area contributed by atoms with E-state index in [4.69, 9.17) is 0 Å². The number of hydrogen-bond acceptors (Lipinski definition) is 5. The number of aromatic nitrogens is 4. The summed E-state index contributed by atoms with van der Waals surface area (Å²) >= 11 is 3.50. The van der Waals surface area contributed by atoms with Gasteiger partial charge in [-0.25, -0.2) is 9.97 Å². The highest BCUT2D eigenvalue weighted by molar-refractivity contribution is 9.10. The molecule has 18 heavy (non-hydrogen) atoms. The number of anilines is 2. The minimum atomic E-state index is 0.627. The number of rotatable bonds is 2. The number of hydrogen-bond donors (Lipinski definition) is 1. The standard InChI is InChI=1S/C11H13BrN6/c1-13-11-15-6-8(12)10(16-11)18-5-4-17-3-2-14-9(17)7-18/h2-3,6H,4-5,7H2,1H3,(H,13,15,16). The molecule has 0 bridgehead atoms. The summed E-state index contributed by atoms with van der Waals surface area (Å²) < 4.78 is 3.08. The molecule has 0 fully saturated rings. The molecule has 0 atom stereocenters. The van der Waals surface area contributed by atoms with Gasteiger partial charge in [0.2, 0.25) is 5.95 Å². The van der Waals surface area contributed by atoms with Gasteiger partial charge in [0.25, 0.3) is 0 Å². The summed E-state index contributed by atoms with van der Waals surface area (Å²) in [7, 11) is 1.82. The van der Waals surface area contributed by atoms with Crippen molar-refractivity contribution in [2.45, 2.75) is 13.1 Å². The van der Waals surface area contributed by atoms with Gasteiger partial charge in [0.1, 0.15) is 11.6 Å². The average Bonchev–Trinajstić information content (AvgIpc) is 2.86. The minimum Gasteiger partial charge on any atom is -0.357 e. The second kappa shape index (κ2) is 4.56. The van der Waals surface area contributed by atoms with Crippen molar-refractivity contribution < 1.29 is 0 Å². The lowest BCUT2D eigenvalue weighted by Crippen LogP contribution is -2.34. The number of nitrogens with one attached hydrogen (secondary N) is 1. The van der Waals surface area contributed by atoms with Crippen LogP contribution in [0, 0.1) is 0 Å². The third-order valence-electron chi connectivity index (χ3n) is 2.99. The number of fused-ring (bicyclic) bond motifs is 1. The molecule has 3 heterocycles. The molecule has 0 spiro atoms. The third kappa shape index (κ3) is 1.94. The first-order chi connectivity index (χ1) is 8.78. The molecule has 0 aliphatic carbocycles. The van der Waals surface area contributed by atoms with Crippen molar-refractivity contribution in [2.75, 3.05) is 23.8 Å². The predicted octanol–water partition coefficient (Wildman–Crippen LogP) is 1.50. The molecule has 7 heteroatoms. The molecule has 94 valence electrons. The maximum Gasteiger partial charge on any atom is 0.224 e. The predicted molar refractivity (Wildman–Crippen MR) is 72.6 cm³/mol. The first kappa shape index (κ1) is 11.5. The zero-order valence-electron chi connectivity index (χ0n) is 9.97. The fourth-order valence-electron chi connectivity index (χ4n) is 2.05. The van der Waals surface area contributed by atoms with Gasteiger partial charge in [0.15, 0.2) is 0 Å². The Kier molecular flexibility index (Phi) is 2.91. The molecule has 0 amide bonds. The third-order valence-corrected chi connectivity index (χ3v) is 3.55. The summed E-state index contributed by atoms with van der Waals surface area (Å²) in [6.45, 7) is 2.62. The Morgan fingerprint density at radius 2 is 2.22 bits per heavy atom. The van der Waals surface area contributed by atoms with Gasteiger partial charge in [-0.05, 0) is 15.9 Å². The van der Waals surface area contributed by atoms with Crippen molar-refractivity contribution in [3.05, 3.63) is 28.9 Å². The van der Waals surface area contributed by atoms with Crippen LogP contribution < -0.4 is 10.2 Å². The molecule has 3 rings (SSSR count). The smallest absolute Gasteiger partial charge is 0.224 e. The van der Waals surface area contributed by atoms with Crippen molar-refractivity contribution in [3.8, 4) is 0 Å². The van der Waals surface area contributed by atoms with Gasteiger partial charge in [-0.2, -0.15) is 4.98 Å². The molecule has 0 unspecified atom stereocenters. The molecular weight excluding hydrogens is 296 g/mol. The largest absolute Gasteiger partial charge is 0.357 e. The molecule has 1 aliphatic heterocycles. The Morgan fingerprint density at radius 3 is 3.06 bits per heavy atom. The summed E-state index contributed by atoms with van der Waals surface area (Å²) in [5, 5.41) is 2.96. The van der Waals surface area contributed by atoms with E-state index in [1.165, 1.54) is 0 Å². The molecule has 0 radical (unpaired) electrons. The van der Waals surface area contributed by atoms with Crippen LogP contribution in [0.15, 0.2) is 23.1 Å². The van der Waals surface area contributed by atoms with E-state index < -0.39 is 0 Å². The number of imidazole rings is 1. The molecule has 1 aliphatic rings. The fourth-order valence-corrected chi connectivity index (χ4v) is 2.50. The second-order valence-electron chi connectivity index (χ2n) is 4.07. The van der Waals surface area contributed by atoms with Gasteiger partial charge in [-0.3, -0.25) is 0 Å². The molecular formula is C11H13BrN6. The Labute approximate surface area is 113 Å². The van der Waals surface area contributed by atoms with E-state index in [0.717, 1.165) is 35.7 Å². The first-order valence-corrected chi connectivity index (χ1v) is 6.52. The van der Waals surface area contributed by atoms with Crippen LogP contribution in [-0.2, 0) is 13.1 Å². The van der Waals surface area contributed by atoms with E-state index in [1.807, 2.05) is 19.4 Å². The van der Waals surface area contributed by atoms with Crippen LogP contribution in [0.2, 0.25) is 0 Å². The molecule has 1 N–H and O–H groups in total. The SMILES string of the molecule is CNc1ncc(Br)c(N2CCn3ccnc3C2)n1. The fraction of sp³-hybridized carbons (Fsp3) is 0.364. The van der Waals surface area contributed by atoms with Crippen LogP contribution in [0.5, 0.6) is 0 Å². The topological polar surface area (TPSA) is 58.9 Å². The molecule has 0 saturated carbocycles. The molecule has 6 nitrogen and oxygen atoms in total. The lowest BCUT2D eigenvalue weighted by atomic mass is 10.3. The number of halogens is 1. The van der Waals surface area contributed by atoms with E-state index >= 15 is 0 Å². The Hall–Kier alpha value is -1.63. The van der Waals surface area contributed by atoms with E-state index in [0.29, 0.717) is 5.95 Å². The van der Waals surface area contributed by atoms with Crippen LogP contribution >= 0.6 is 15.9 Å². The average molecular weight is 309 g/mol. The summed E-state index contributed by atoms with van der Waals surface area (Å²) in [5.41, 5.74) is 0. The first-order valence-electron chi connectivity index (χ1n) is 5.73. The molecule has 2 aromatic heterocycles. The maximum atomic E-state index is 4.49. The summed E-state index contributed by atoms with van der Waals surface area (Å²) in [6.07, 6.45) is 5.63. The van der Waals surface area contributed by atoms with Gasteiger partial charge in [0.05, 0.1) is 11.0 Å². The highest BCUT2D eigenvalue weighted by atomic mass is 79.9. The van der Waals surface area contributed by atoms with Crippen LogP contribution in [-0.4, -0.2) is 33.1 Å². The van der Waals surface area contributed by atoms with Crippen LogP contribution in [0.1, 0.15) is 5.82 Å². The van der Waals surface area contributed by atoms with Crippen LogP contribution in [0.3, 0.4) is 0 Å². The van der Waals surface area contributed by atoms with Gasteiger partial charge in [-0.1, -0.05) is 0 Å². The normalized spacial score (nSPS) is 14.4. The maximum absolute atomic E-state index is 4.49. The van der Waals surface area contributed by atoms with E-state index in [9.17, 15) is 0 Å². The second-order valence-corrected chi connectivity index (χ2v) is 4.93. The van der Waals surface area contributed by atoms with Crippen molar-refractivity contribution in [2.24, 2.45) is 0 Å². The Balaban J connectivity index is 1.92. The summed E-state index contributed by atoms with van der Waals surface area (Å²) in [4.78, 5) is 15.2. The van der Waals surface area contributed by atoms with E-state index in [1.54, 1.807) is 6.20 Å². The molecule has 2 aromatic rings. The minimum absolute atomic E-state index is 0.627. The van der Waals surface area contributed by atoms with Gasteiger partial charge >= 0.3 is 0 Å². The highest BCUT2D eigenvalue weighted by Crippen LogP contribution is 2.26. The van der Waals surface area contributed by atoms with Crippen molar-refractivity contribution >= 4 is 27.7 Å². The lowest BCUT2D eigenvalue weighted by molar-refractivity contribution is 0.555. The van der Waals surface area contributed by atoms with E-state index in [-0.39, 0.29) is 0 Å². The monoisotopic (exact) mass is 308 g/mol. The number of nitrogens with zero attached hydrogens (tertiary/aromatic N) is 5. The zero-order chi connectivity index (χ0) is 12.5. The highest BCUT2D eigenvalue weighted by Gasteiger charge is 2.20. The van der Waals surface area contributed by atoms with Crippen molar-refractivity contribution in [3.63, 3.8) is 0 Å². The Bertz CT molecular complexity index is 566. The Morgan fingerprint density at radius 1 is 1.33 bits per heavy atom. The van der Waals surface area contributed by atoms with Crippen molar-refractivity contribution in [1.82, 2.24) is 19.5 Å². The quantitative estimate of drug-likeness (QED) is 0.911. The zero-order valence-corrected chi connectivity index (χ0v) is 11.6.